The zero-order chi connectivity index (χ0) is 15.9. The molecule has 0 N–H and O–H groups in total. The first-order chi connectivity index (χ1) is 10.3. The molecule has 4 heteroatoms. The Labute approximate surface area is 149 Å². The van der Waals surface area contributed by atoms with Crippen molar-refractivity contribution < 1.29 is 0 Å². The van der Waals surface area contributed by atoms with E-state index in [1.54, 1.807) is 32.5 Å². The molecule has 0 saturated heterocycles. The molecular weight excluding hydrogens is 436 g/mol. The summed E-state index contributed by atoms with van der Waals surface area (Å²) < 4.78 is -1.36. The van der Waals surface area contributed by atoms with Gasteiger partial charge in [-0.25, -0.2) is 0 Å². The molecule has 0 saturated carbocycles. The molecular formula is C18H22P2Se2. The molecule has 0 unspecified atom stereocenters. The zero-order valence-electron chi connectivity index (χ0n) is 13.6. The number of hydrogen-bond donors (Lipinski definition) is 0. The van der Waals surface area contributed by atoms with Crippen LogP contribution in [0, 0.1) is 0 Å². The molecule has 0 fully saturated rings. The summed E-state index contributed by atoms with van der Waals surface area (Å²) in [6.07, 6.45) is 2.47. The molecule has 1 atom stereocenters. The molecule has 2 aliphatic rings. The molecule has 1 aliphatic carbocycles. The SMILES string of the molecule is CC(C)[P+]1(C(C)C)c2ccc3c4c(ccc(c24)[P@]1(=[Se])[Se-])CC3. The van der Waals surface area contributed by atoms with Crippen LogP contribution in [0.15, 0.2) is 24.3 Å². The van der Waals surface area contributed by atoms with E-state index < -0.39 is 10.8 Å². The van der Waals surface area contributed by atoms with Gasteiger partial charge in [0, 0.05) is 0 Å². The summed E-state index contributed by atoms with van der Waals surface area (Å²) in [5, 5.41) is 6.63. The molecule has 116 valence electrons. The third-order valence-electron chi connectivity index (χ3n) is 5.65. The quantitative estimate of drug-likeness (QED) is 0.469. The van der Waals surface area contributed by atoms with Crippen molar-refractivity contribution in [1.29, 1.82) is 0 Å². The predicted octanol–water partition coefficient (Wildman–Crippen LogP) is 4.14. The maximum absolute atomic E-state index is 3.74. The second-order valence-corrected chi connectivity index (χ2v) is 30.6. The maximum atomic E-state index is 3.74. The molecule has 0 aromatic heterocycles. The predicted molar refractivity (Wildman–Crippen MR) is 106 cm³/mol. The van der Waals surface area contributed by atoms with Gasteiger partial charge in [-0.15, -0.1) is 0 Å². The zero-order valence-corrected chi connectivity index (χ0v) is 18.8. The summed E-state index contributed by atoms with van der Waals surface area (Å²) in [5.74, 6) is 0. The number of rotatable bonds is 2. The van der Waals surface area contributed by atoms with E-state index >= 15 is 0 Å². The first-order valence-electron chi connectivity index (χ1n) is 8.12. The average Bonchev–Trinajstić information content (AvgIpc) is 2.92. The second-order valence-electron chi connectivity index (χ2n) is 7.18. The van der Waals surface area contributed by atoms with E-state index in [9.17, 15) is 0 Å². The average molecular weight is 458 g/mol. The van der Waals surface area contributed by atoms with E-state index in [4.69, 9.17) is 0 Å². The fourth-order valence-corrected chi connectivity index (χ4v) is 36.9. The third-order valence-corrected chi connectivity index (χ3v) is 31.2. The molecule has 4 rings (SSSR count). The fraction of sp³-hybridized carbons (Fsp3) is 0.444. The first kappa shape index (κ1) is 16.1. The fourth-order valence-electron chi connectivity index (χ4n) is 4.91. The molecule has 0 nitrogen and oxygen atoms in total. The van der Waals surface area contributed by atoms with Crippen LogP contribution >= 0.6 is 10.8 Å². The Morgan fingerprint density at radius 3 is 2.05 bits per heavy atom. The summed E-state index contributed by atoms with van der Waals surface area (Å²) in [7, 11) is 0. The van der Waals surface area contributed by atoms with Crippen molar-refractivity contribution in [3.05, 3.63) is 35.4 Å². The minimum absolute atomic E-state index is 0.731. The van der Waals surface area contributed by atoms with E-state index in [0.29, 0.717) is 0 Å². The Morgan fingerprint density at radius 2 is 1.50 bits per heavy atom. The molecule has 2 aromatic carbocycles. The van der Waals surface area contributed by atoms with Crippen molar-refractivity contribution in [2.45, 2.75) is 51.9 Å². The van der Waals surface area contributed by atoms with E-state index in [0.717, 1.165) is 11.3 Å². The van der Waals surface area contributed by atoms with Crippen LogP contribution in [0.2, 0.25) is 0 Å². The summed E-state index contributed by atoms with van der Waals surface area (Å²) in [5.41, 5.74) is 4.63. The Morgan fingerprint density at radius 1 is 0.955 bits per heavy atom. The van der Waals surface area contributed by atoms with Gasteiger partial charge >= 0.3 is 150 Å². The van der Waals surface area contributed by atoms with E-state index in [-0.39, 0.29) is 0 Å². The van der Waals surface area contributed by atoms with Crippen LogP contribution in [-0.2, 0) is 12.8 Å². The van der Waals surface area contributed by atoms with Gasteiger partial charge in [0.15, 0.2) is 0 Å². The van der Waals surface area contributed by atoms with Crippen LogP contribution < -0.4 is 10.6 Å². The van der Waals surface area contributed by atoms with Crippen molar-refractivity contribution in [2.24, 2.45) is 0 Å². The molecule has 0 amide bonds. The molecule has 2 aromatic rings. The topological polar surface area (TPSA) is 0 Å². The van der Waals surface area contributed by atoms with Crippen LogP contribution in [0.3, 0.4) is 0 Å². The summed E-state index contributed by atoms with van der Waals surface area (Å²) in [6, 6.07) is 9.84. The minimum atomic E-state index is -1.36. The van der Waals surface area contributed by atoms with Gasteiger partial charge in [0.05, 0.1) is 0 Å². The third kappa shape index (κ3) is 1.68. The Hall–Kier alpha value is 0.599. The number of aryl methyl sites for hydroxylation is 2. The van der Waals surface area contributed by atoms with Crippen molar-refractivity contribution in [2.75, 3.05) is 0 Å². The van der Waals surface area contributed by atoms with Gasteiger partial charge in [0.2, 0.25) is 0 Å². The van der Waals surface area contributed by atoms with Gasteiger partial charge < -0.3 is 0 Å². The van der Waals surface area contributed by atoms with Gasteiger partial charge in [-0.1, -0.05) is 0 Å². The van der Waals surface area contributed by atoms with Gasteiger partial charge in [0.1, 0.15) is 0 Å². The van der Waals surface area contributed by atoms with Crippen molar-refractivity contribution in [3.8, 4) is 0 Å². The first-order valence-corrected chi connectivity index (χ1v) is 17.0. The Balaban J connectivity index is 2.23. The molecule has 0 bridgehead atoms. The standard InChI is InChI=1S/C18H22P2Se2/c1-11(2)19(12(3)4)15-9-7-13-5-6-14-8-10-16(20(19,21)22)18(15)17(13)14/h7-12H,5-6H2,1-4H3. The van der Waals surface area contributed by atoms with E-state index in [2.05, 4.69) is 82.6 Å². The Bertz CT molecular complexity index is 834. The van der Waals surface area contributed by atoms with E-state index in [1.807, 2.05) is 0 Å². The van der Waals surface area contributed by atoms with E-state index in [1.165, 1.54) is 12.8 Å². The second kappa shape index (κ2) is 5.05. The molecule has 1 heterocycles. The summed E-state index contributed by atoms with van der Waals surface area (Å²) in [6.45, 7) is 8.58. The summed E-state index contributed by atoms with van der Waals surface area (Å²) in [4.78, 5) is 0. The van der Waals surface area contributed by atoms with Crippen LogP contribution in [0.5, 0.6) is 0 Å². The molecule has 0 radical (unpaired) electrons. The van der Waals surface area contributed by atoms with Crippen LogP contribution in [0.25, 0.3) is 10.8 Å². The van der Waals surface area contributed by atoms with Gasteiger partial charge in [0.25, 0.3) is 0 Å². The van der Waals surface area contributed by atoms with Crippen LogP contribution in [0.1, 0.15) is 38.8 Å². The van der Waals surface area contributed by atoms with Crippen molar-refractivity contribution >= 4 is 62.9 Å². The Kier molecular flexibility index (Phi) is 3.69. The van der Waals surface area contributed by atoms with Gasteiger partial charge in [-0.05, 0) is 0 Å². The van der Waals surface area contributed by atoms with Crippen LogP contribution in [-0.4, -0.2) is 42.0 Å². The molecule has 22 heavy (non-hydrogen) atoms. The van der Waals surface area contributed by atoms with Gasteiger partial charge in [-0.2, -0.15) is 0 Å². The van der Waals surface area contributed by atoms with Gasteiger partial charge in [-0.3, -0.25) is 0 Å². The monoisotopic (exact) mass is 460 g/mol. The molecule has 1 aliphatic heterocycles. The molecule has 0 spiro atoms. The van der Waals surface area contributed by atoms with Crippen LogP contribution in [0.4, 0.5) is 0 Å². The number of benzene rings is 2. The summed E-state index contributed by atoms with van der Waals surface area (Å²) >= 11 is 7.48. The van der Waals surface area contributed by atoms with Crippen molar-refractivity contribution in [1.82, 2.24) is 0 Å². The van der Waals surface area contributed by atoms with Crippen molar-refractivity contribution in [3.63, 3.8) is 0 Å². The number of hydrogen-bond acceptors (Lipinski definition) is 0. The normalized spacial score (nSPS) is 24.9.